The molecule has 0 aliphatic heterocycles. The Hall–Kier alpha value is -3.30. The molecule has 0 radical (unpaired) electrons. The van der Waals surface area contributed by atoms with Crippen LogP contribution in [0.4, 0.5) is 8.78 Å². The van der Waals surface area contributed by atoms with Crippen LogP contribution in [-0.4, -0.2) is 15.6 Å². The van der Waals surface area contributed by atoms with Crippen LogP contribution in [0.25, 0.3) is 6.08 Å². The summed E-state index contributed by atoms with van der Waals surface area (Å²) in [7, 11) is 0. The lowest BCUT2D eigenvalue weighted by Crippen LogP contribution is -2.03. The Labute approximate surface area is 165 Å². The molecule has 0 saturated carbocycles. The van der Waals surface area contributed by atoms with Gasteiger partial charge in [0.25, 0.3) is 0 Å². The average molecular weight is 398 g/mol. The molecular formula is C21H14ClF2N3O. The lowest BCUT2D eigenvalue weighted by molar-refractivity contribution is 0.104. The number of nitrogens with zero attached hydrogens (tertiary/aromatic N) is 3. The van der Waals surface area contributed by atoms with Crippen molar-refractivity contribution < 1.29 is 13.6 Å². The fraction of sp³-hybridized carbons (Fsp3) is 0.0952. The number of Topliss-reactive ketones (excluding diaryl/α,β-unsaturated/α-hetero) is 1. The minimum absolute atomic E-state index is 0.141. The number of aryl methyl sites for hydroxylation is 1. The molecule has 0 spiro atoms. The zero-order valence-corrected chi connectivity index (χ0v) is 15.5. The van der Waals surface area contributed by atoms with E-state index in [9.17, 15) is 18.8 Å². The molecule has 0 fully saturated rings. The summed E-state index contributed by atoms with van der Waals surface area (Å²) in [6.45, 7) is 2.01. The van der Waals surface area contributed by atoms with E-state index >= 15 is 0 Å². The molecule has 4 nitrogen and oxygen atoms in total. The van der Waals surface area contributed by atoms with Gasteiger partial charge in [-0.3, -0.25) is 4.79 Å². The Morgan fingerprint density at radius 1 is 1.14 bits per heavy atom. The Bertz CT molecular complexity index is 1090. The van der Waals surface area contributed by atoms with Crippen LogP contribution in [0, 0.1) is 29.9 Å². The van der Waals surface area contributed by atoms with Gasteiger partial charge in [0.15, 0.2) is 0 Å². The van der Waals surface area contributed by atoms with E-state index < -0.39 is 11.6 Å². The summed E-state index contributed by atoms with van der Waals surface area (Å²) in [5, 5.41) is 14.0. The molecule has 0 aliphatic rings. The SMILES string of the molecule is Cc1nn(Cc2ccc(F)cc2)c(Cl)c1/C=C(\C#N)C(=O)c1ccc(F)cc1. The van der Waals surface area contributed by atoms with Crippen LogP contribution < -0.4 is 0 Å². The molecule has 0 atom stereocenters. The third-order valence-electron chi connectivity index (χ3n) is 4.12. The number of aromatic nitrogens is 2. The molecule has 28 heavy (non-hydrogen) atoms. The lowest BCUT2D eigenvalue weighted by atomic mass is 10.0. The Balaban J connectivity index is 1.92. The minimum atomic E-state index is -0.538. The molecule has 0 unspecified atom stereocenters. The van der Waals surface area contributed by atoms with Gasteiger partial charge in [0, 0.05) is 11.1 Å². The van der Waals surface area contributed by atoms with Crippen LogP contribution in [0.15, 0.2) is 54.1 Å². The summed E-state index contributed by atoms with van der Waals surface area (Å²) in [6.07, 6.45) is 1.37. The molecular weight excluding hydrogens is 384 g/mol. The number of hydrogen-bond donors (Lipinski definition) is 0. The normalized spacial score (nSPS) is 11.3. The highest BCUT2D eigenvalue weighted by atomic mass is 35.5. The van der Waals surface area contributed by atoms with Crippen molar-refractivity contribution in [3.05, 3.63) is 93.3 Å². The summed E-state index contributed by atoms with van der Waals surface area (Å²) in [5.74, 6) is -1.35. The highest BCUT2D eigenvalue weighted by Gasteiger charge is 2.17. The molecule has 7 heteroatoms. The van der Waals surface area contributed by atoms with Crippen LogP contribution in [-0.2, 0) is 6.54 Å². The van der Waals surface area contributed by atoms with Crippen molar-refractivity contribution >= 4 is 23.5 Å². The number of rotatable bonds is 5. The second-order valence-corrected chi connectivity index (χ2v) is 6.44. The van der Waals surface area contributed by atoms with E-state index in [1.165, 1.54) is 35.0 Å². The van der Waals surface area contributed by atoms with Gasteiger partial charge >= 0.3 is 0 Å². The minimum Gasteiger partial charge on any atom is -0.288 e. The van der Waals surface area contributed by atoms with Crippen LogP contribution in [0.1, 0.15) is 27.2 Å². The van der Waals surface area contributed by atoms with Crippen molar-refractivity contribution in [3.8, 4) is 6.07 Å². The molecule has 0 bridgehead atoms. The maximum absolute atomic E-state index is 13.1. The summed E-state index contributed by atoms with van der Waals surface area (Å²) in [4.78, 5) is 12.5. The number of nitriles is 1. The summed E-state index contributed by atoms with van der Waals surface area (Å²) >= 11 is 6.39. The maximum Gasteiger partial charge on any atom is 0.203 e. The first-order valence-corrected chi connectivity index (χ1v) is 8.66. The van der Waals surface area contributed by atoms with Gasteiger partial charge in [-0.2, -0.15) is 10.4 Å². The number of carbonyl (C=O) groups excluding carboxylic acids is 1. The van der Waals surface area contributed by atoms with E-state index in [1.54, 1.807) is 19.1 Å². The van der Waals surface area contributed by atoms with E-state index in [0.717, 1.165) is 17.7 Å². The maximum atomic E-state index is 13.1. The molecule has 0 aliphatic carbocycles. The molecule has 140 valence electrons. The van der Waals surface area contributed by atoms with Crippen molar-refractivity contribution in [2.75, 3.05) is 0 Å². The first-order chi connectivity index (χ1) is 13.4. The van der Waals surface area contributed by atoms with Gasteiger partial charge in [0.05, 0.1) is 12.2 Å². The summed E-state index contributed by atoms with van der Waals surface area (Å²) in [6, 6.07) is 12.7. The fourth-order valence-corrected chi connectivity index (χ4v) is 2.94. The molecule has 0 N–H and O–H groups in total. The third-order valence-corrected chi connectivity index (χ3v) is 4.51. The van der Waals surface area contributed by atoms with Crippen LogP contribution in [0.3, 0.4) is 0 Å². The molecule has 0 amide bonds. The molecule has 2 aromatic carbocycles. The number of carbonyl (C=O) groups is 1. The monoisotopic (exact) mass is 397 g/mol. The summed E-state index contributed by atoms with van der Waals surface area (Å²) in [5.41, 5.74) is 1.83. The fourth-order valence-electron chi connectivity index (χ4n) is 2.65. The first-order valence-electron chi connectivity index (χ1n) is 8.28. The van der Waals surface area contributed by atoms with Crippen molar-refractivity contribution in [2.45, 2.75) is 13.5 Å². The Kier molecular flexibility index (Phi) is 5.67. The van der Waals surface area contributed by atoms with Crippen molar-refractivity contribution in [1.82, 2.24) is 9.78 Å². The highest BCUT2D eigenvalue weighted by Crippen LogP contribution is 2.24. The van der Waals surface area contributed by atoms with Gasteiger partial charge in [-0.1, -0.05) is 23.7 Å². The van der Waals surface area contributed by atoms with E-state index in [1.807, 2.05) is 6.07 Å². The van der Waals surface area contributed by atoms with Crippen molar-refractivity contribution in [1.29, 1.82) is 5.26 Å². The number of allylic oxidation sites excluding steroid dienone is 1. The topological polar surface area (TPSA) is 58.7 Å². The number of hydrogen-bond acceptors (Lipinski definition) is 3. The van der Waals surface area contributed by atoms with E-state index in [0.29, 0.717) is 17.8 Å². The zero-order valence-electron chi connectivity index (χ0n) is 14.8. The molecule has 3 aromatic rings. The van der Waals surface area contributed by atoms with E-state index in [-0.39, 0.29) is 22.1 Å². The Morgan fingerprint density at radius 3 is 2.29 bits per heavy atom. The molecule has 1 heterocycles. The van der Waals surface area contributed by atoms with Crippen LogP contribution in [0.2, 0.25) is 5.15 Å². The average Bonchev–Trinajstić information content (AvgIpc) is 2.94. The van der Waals surface area contributed by atoms with Crippen LogP contribution in [0.5, 0.6) is 0 Å². The molecule has 0 saturated heterocycles. The van der Waals surface area contributed by atoms with E-state index in [2.05, 4.69) is 5.10 Å². The second kappa shape index (κ2) is 8.15. The number of halogens is 3. The Morgan fingerprint density at radius 2 is 1.71 bits per heavy atom. The quantitative estimate of drug-likeness (QED) is 0.347. The van der Waals surface area contributed by atoms with E-state index in [4.69, 9.17) is 11.6 Å². The molecule has 3 rings (SSSR count). The van der Waals surface area contributed by atoms with Gasteiger partial charge in [-0.15, -0.1) is 0 Å². The largest absolute Gasteiger partial charge is 0.288 e. The standard InChI is InChI=1S/C21H14ClF2N3O/c1-13-19(10-16(11-25)20(28)15-4-8-18(24)9-5-15)21(22)27(26-13)12-14-2-6-17(23)7-3-14/h2-10H,12H2,1H3/b16-10+. The van der Waals surface area contributed by atoms with Gasteiger partial charge in [0.1, 0.15) is 28.4 Å². The number of ketones is 1. The zero-order chi connectivity index (χ0) is 20.3. The van der Waals surface area contributed by atoms with Crippen LogP contribution >= 0.6 is 11.6 Å². The van der Waals surface area contributed by atoms with Gasteiger partial charge < -0.3 is 0 Å². The van der Waals surface area contributed by atoms with Gasteiger partial charge in [-0.25, -0.2) is 13.5 Å². The van der Waals surface area contributed by atoms with Crippen molar-refractivity contribution in [3.63, 3.8) is 0 Å². The van der Waals surface area contributed by atoms with Gasteiger partial charge in [0.2, 0.25) is 5.78 Å². The second-order valence-electron chi connectivity index (χ2n) is 6.08. The third kappa shape index (κ3) is 4.16. The van der Waals surface area contributed by atoms with Crippen molar-refractivity contribution in [2.24, 2.45) is 0 Å². The molecule has 1 aromatic heterocycles. The lowest BCUT2D eigenvalue weighted by Gasteiger charge is -2.04. The smallest absolute Gasteiger partial charge is 0.203 e. The van der Waals surface area contributed by atoms with Gasteiger partial charge in [-0.05, 0) is 55.0 Å². The highest BCUT2D eigenvalue weighted by molar-refractivity contribution is 6.31. The number of benzene rings is 2. The summed E-state index contributed by atoms with van der Waals surface area (Å²) < 4.78 is 27.6. The first kappa shape index (κ1) is 19.5. The predicted molar refractivity (Wildman–Crippen MR) is 102 cm³/mol. The predicted octanol–water partition coefficient (Wildman–Crippen LogP) is 4.96.